The molecule has 0 aliphatic carbocycles. The summed E-state index contributed by atoms with van der Waals surface area (Å²) in [5, 5.41) is 3.90. The minimum atomic E-state index is -0.759. The van der Waals surface area contributed by atoms with Crippen molar-refractivity contribution in [3.63, 3.8) is 0 Å². The van der Waals surface area contributed by atoms with Crippen LogP contribution in [0.25, 0.3) is 0 Å². The second kappa shape index (κ2) is 3.76. The third kappa shape index (κ3) is 1.80. The van der Waals surface area contributed by atoms with Crippen molar-refractivity contribution in [3.05, 3.63) is 58.0 Å². The van der Waals surface area contributed by atoms with Crippen LogP contribution in [0.4, 0.5) is 4.39 Å². The smallest absolute Gasteiger partial charge is 0.128 e. The first kappa shape index (κ1) is 10.3. The molecule has 3 heteroatoms. The molecule has 0 aliphatic rings. The van der Waals surface area contributed by atoms with Gasteiger partial charge in [-0.05, 0) is 35.4 Å². The molecule has 1 unspecified atom stereocenters. The molecule has 15 heavy (non-hydrogen) atoms. The topological polar surface area (TPSA) is 26.0 Å². The largest absolute Gasteiger partial charge is 0.318 e. The summed E-state index contributed by atoms with van der Waals surface area (Å²) in [5.74, 6) is -0.256. The third-order valence-electron chi connectivity index (χ3n) is 2.55. The molecule has 1 atom stereocenters. The lowest BCUT2D eigenvalue weighted by molar-refractivity contribution is 0.532. The molecule has 0 radical (unpaired) electrons. The van der Waals surface area contributed by atoms with Crippen molar-refractivity contribution < 1.29 is 4.39 Å². The Morgan fingerprint density at radius 1 is 1.27 bits per heavy atom. The van der Waals surface area contributed by atoms with E-state index in [2.05, 4.69) is 0 Å². The van der Waals surface area contributed by atoms with Crippen molar-refractivity contribution in [3.8, 4) is 0 Å². The fourth-order valence-corrected chi connectivity index (χ4v) is 2.37. The zero-order valence-corrected chi connectivity index (χ0v) is 9.22. The van der Waals surface area contributed by atoms with E-state index in [1.165, 1.54) is 6.07 Å². The SMILES string of the molecule is CC(N)(c1ccsc1)c1ccccc1F. The molecule has 0 aliphatic heterocycles. The van der Waals surface area contributed by atoms with E-state index in [9.17, 15) is 4.39 Å². The molecule has 0 fully saturated rings. The van der Waals surface area contributed by atoms with Gasteiger partial charge in [-0.2, -0.15) is 11.3 Å². The minimum absolute atomic E-state index is 0.256. The van der Waals surface area contributed by atoms with E-state index in [0.717, 1.165) is 5.56 Å². The fourth-order valence-electron chi connectivity index (χ4n) is 1.60. The molecule has 0 saturated carbocycles. The summed E-state index contributed by atoms with van der Waals surface area (Å²) < 4.78 is 13.6. The summed E-state index contributed by atoms with van der Waals surface area (Å²) in [6.45, 7) is 1.83. The van der Waals surface area contributed by atoms with Crippen LogP contribution in [-0.4, -0.2) is 0 Å². The Kier molecular flexibility index (Phi) is 2.59. The number of nitrogens with two attached hydrogens (primary N) is 1. The minimum Gasteiger partial charge on any atom is -0.318 e. The van der Waals surface area contributed by atoms with Crippen molar-refractivity contribution in [1.82, 2.24) is 0 Å². The Hall–Kier alpha value is -1.19. The molecule has 1 aromatic carbocycles. The molecule has 1 nitrogen and oxygen atoms in total. The van der Waals surface area contributed by atoms with Gasteiger partial charge < -0.3 is 5.73 Å². The first-order valence-corrected chi connectivity index (χ1v) is 5.63. The highest BCUT2D eigenvalue weighted by atomic mass is 32.1. The predicted octanol–water partition coefficient (Wildman–Crippen LogP) is 3.11. The van der Waals surface area contributed by atoms with E-state index in [1.807, 2.05) is 23.8 Å². The summed E-state index contributed by atoms with van der Waals surface area (Å²) in [6, 6.07) is 8.56. The number of rotatable bonds is 2. The van der Waals surface area contributed by atoms with Crippen LogP contribution in [0.3, 0.4) is 0 Å². The van der Waals surface area contributed by atoms with Crippen molar-refractivity contribution in [2.24, 2.45) is 5.73 Å². The van der Waals surface area contributed by atoms with E-state index in [0.29, 0.717) is 5.56 Å². The molecule has 2 aromatic rings. The van der Waals surface area contributed by atoms with Gasteiger partial charge in [-0.1, -0.05) is 18.2 Å². The van der Waals surface area contributed by atoms with Gasteiger partial charge in [-0.25, -0.2) is 4.39 Å². The number of thiophene rings is 1. The molecular weight excluding hydrogens is 209 g/mol. The molecule has 0 spiro atoms. The van der Waals surface area contributed by atoms with Gasteiger partial charge in [0.25, 0.3) is 0 Å². The highest BCUT2D eigenvalue weighted by Gasteiger charge is 2.26. The van der Waals surface area contributed by atoms with Gasteiger partial charge in [0.05, 0.1) is 5.54 Å². The summed E-state index contributed by atoms with van der Waals surface area (Å²) in [5.41, 5.74) is 6.89. The lowest BCUT2D eigenvalue weighted by atomic mass is 9.87. The maximum Gasteiger partial charge on any atom is 0.128 e. The summed E-state index contributed by atoms with van der Waals surface area (Å²) in [4.78, 5) is 0. The summed E-state index contributed by atoms with van der Waals surface area (Å²) in [6.07, 6.45) is 0. The van der Waals surface area contributed by atoms with Gasteiger partial charge in [-0.15, -0.1) is 0 Å². The predicted molar refractivity (Wildman–Crippen MR) is 61.4 cm³/mol. The van der Waals surface area contributed by atoms with E-state index in [1.54, 1.807) is 29.5 Å². The van der Waals surface area contributed by atoms with Crippen LogP contribution in [0.5, 0.6) is 0 Å². The molecule has 2 N–H and O–H groups in total. The monoisotopic (exact) mass is 221 g/mol. The molecule has 1 aromatic heterocycles. The van der Waals surface area contributed by atoms with E-state index in [-0.39, 0.29) is 5.82 Å². The van der Waals surface area contributed by atoms with Gasteiger partial charge in [0.2, 0.25) is 0 Å². The Labute approximate surface area is 92.4 Å². The number of halogens is 1. The average molecular weight is 221 g/mol. The standard InChI is InChI=1S/C12H12FNS/c1-12(14,9-6-7-15-8-9)10-4-2-3-5-11(10)13/h2-8H,14H2,1H3. The van der Waals surface area contributed by atoms with E-state index < -0.39 is 5.54 Å². The average Bonchev–Trinajstić information content (AvgIpc) is 2.71. The third-order valence-corrected chi connectivity index (χ3v) is 3.24. The van der Waals surface area contributed by atoms with Gasteiger partial charge in [0.15, 0.2) is 0 Å². The first-order valence-electron chi connectivity index (χ1n) is 4.69. The molecule has 1 heterocycles. The maximum atomic E-state index is 13.6. The molecular formula is C12H12FNS. The number of hydrogen-bond donors (Lipinski definition) is 1. The van der Waals surface area contributed by atoms with Crippen LogP contribution in [0, 0.1) is 5.82 Å². The Morgan fingerprint density at radius 2 is 2.00 bits per heavy atom. The normalized spacial score (nSPS) is 14.9. The van der Waals surface area contributed by atoms with Crippen molar-refractivity contribution in [2.75, 3.05) is 0 Å². The fraction of sp³-hybridized carbons (Fsp3) is 0.167. The number of hydrogen-bond acceptors (Lipinski definition) is 2. The summed E-state index contributed by atoms with van der Waals surface area (Å²) in [7, 11) is 0. The van der Waals surface area contributed by atoms with Gasteiger partial charge >= 0.3 is 0 Å². The Bertz CT molecular complexity index is 448. The van der Waals surface area contributed by atoms with Gasteiger partial charge in [-0.3, -0.25) is 0 Å². The van der Waals surface area contributed by atoms with E-state index >= 15 is 0 Å². The van der Waals surface area contributed by atoms with Crippen LogP contribution in [0.1, 0.15) is 18.1 Å². The lowest BCUT2D eigenvalue weighted by Gasteiger charge is -2.24. The van der Waals surface area contributed by atoms with Gasteiger partial charge in [0.1, 0.15) is 5.82 Å². The summed E-state index contributed by atoms with van der Waals surface area (Å²) >= 11 is 1.56. The van der Waals surface area contributed by atoms with Crippen molar-refractivity contribution in [2.45, 2.75) is 12.5 Å². The van der Waals surface area contributed by atoms with Crippen LogP contribution in [-0.2, 0) is 5.54 Å². The van der Waals surface area contributed by atoms with Crippen molar-refractivity contribution >= 4 is 11.3 Å². The Balaban J connectivity index is 2.51. The van der Waals surface area contributed by atoms with Gasteiger partial charge in [0, 0.05) is 5.56 Å². The number of benzene rings is 1. The molecule has 2 rings (SSSR count). The van der Waals surface area contributed by atoms with Crippen LogP contribution in [0.2, 0.25) is 0 Å². The lowest BCUT2D eigenvalue weighted by Crippen LogP contribution is -2.34. The molecule has 78 valence electrons. The molecule has 0 amide bonds. The zero-order valence-electron chi connectivity index (χ0n) is 8.41. The van der Waals surface area contributed by atoms with Crippen LogP contribution >= 0.6 is 11.3 Å². The Morgan fingerprint density at radius 3 is 2.60 bits per heavy atom. The molecule has 0 saturated heterocycles. The molecule has 0 bridgehead atoms. The quantitative estimate of drug-likeness (QED) is 0.828. The highest BCUT2D eigenvalue weighted by molar-refractivity contribution is 7.08. The second-order valence-corrected chi connectivity index (χ2v) is 4.47. The zero-order chi connectivity index (χ0) is 10.9. The van der Waals surface area contributed by atoms with Crippen LogP contribution in [0.15, 0.2) is 41.1 Å². The second-order valence-electron chi connectivity index (χ2n) is 3.69. The van der Waals surface area contributed by atoms with Crippen molar-refractivity contribution in [1.29, 1.82) is 0 Å². The van der Waals surface area contributed by atoms with E-state index in [4.69, 9.17) is 5.73 Å². The highest BCUT2D eigenvalue weighted by Crippen LogP contribution is 2.29. The maximum absolute atomic E-state index is 13.6. The first-order chi connectivity index (χ1) is 7.12. The van der Waals surface area contributed by atoms with Crippen LogP contribution < -0.4 is 5.73 Å².